The van der Waals surface area contributed by atoms with Gasteiger partial charge >= 0.3 is 5.97 Å². The second-order valence-electron chi connectivity index (χ2n) is 9.53. The van der Waals surface area contributed by atoms with Gasteiger partial charge in [0, 0.05) is 17.4 Å². The Bertz CT molecular complexity index is 1250. The first kappa shape index (κ1) is 29.1. The molecule has 1 amide bonds. The number of thiocarbonyl (C=S) groups is 1. The van der Waals surface area contributed by atoms with Crippen molar-refractivity contribution in [3.05, 3.63) is 65.0 Å². The van der Waals surface area contributed by atoms with Crippen molar-refractivity contribution in [2.45, 2.75) is 46.0 Å². The van der Waals surface area contributed by atoms with Crippen LogP contribution in [0.4, 0.5) is 5.00 Å². The minimum Gasteiger partial charge on any atom is -0.497 e. The summed E-state index contributed by atoms with van der Waals surface area (Å²) in [7, 11) is 1.60. The van der Waals surface area contributed by atoms with Gasteiger partial charge in [-0.2, -0.15) is 0 Å². The number of carbonyl (C=O) groups excluding carboxylic acids is 2. The summed E-state index contributed by atoms with van der Waals surface area (Å²) in [5.74, 6) is 0.780. The van der Waals surface area contributed by atoms with Crippen molar-refractivity contribution in [2.75, 3.05) is 25.6 Å². The van der Waals surface area contributed by atoms with Crippen LogP contribution in [0, 0.1) is 0 Å². The van der Waals surface area contributed by atoms with Crippen LogP contribution in [-0.4, -0.2) is 37.3 Å². The molecule has 0 spiro atoms. The van der Waals surface area contributed by atoms with Crippen LogP contribution in [0.3, 0.4) is 0 Å². The van der Waals surface area contributed by atoms with Crippen LogP contribution in [0.15, 0.2) is 53.9 Å². The van der Waals surface area contributed by atoms with Crippen LogP contribution in [0.5, 0.6) is 11.5 Å². The van der Waals surface area contributed by atoms with Crippen molar-refractivity contribution < 1.29 is 23.8 Å². The number of anilines is 1. The van der Waals surface area contributed by atoms with Crippen molar-refractivity contribution >= 4 is 45.5 Å². The molecule has 3 rings (SSSR count). The standard InChI is InChI=1S/C29H34N2O5S2/c1-6-35-27(33)25-23(19-9-13-21(34-5)14-10-19)18-38-26(25)31-28(37)30-24(32)8-7-17-36-22-15-11-20(12-16-22)29(2,3)4/h9-16,18H,6-8,17H2,1-5H3,(H2,30,31,32,37). The molecule has 0 aliphatic heterocycles. The zero-order chi connectivity index (χ0) is 27.7. The van der Waals surface area contributed by atoms with Gasteiger partial charge in [0.05, 0.1) is 20.3 Å². The molecule has 1 aromatic heterocycles. The van der Waals surface area contributed by atoms with E-state index in [1.807, 2.05) is 41.8 Å². The first-order valence-electron chi connectivity index (χ1n) is 12.4. The number of benzene rings is 2. The van der Waals surface area contributed by atoms with E-state index in [0.717, 1.165) is 11.3 Å². The van der Waals surface area contributed by atoms with Gasteiger partial charge in [0.1, 0.15) is 22.1 Å². The van der Waals surface area contributed by atoms with Crippen molar-refractivity contribution in [3.63, 3.8) is 0 Å². The van der Waals surface area contributed by atoms with Gasteiger partial charge in [-0.1, -0.05) is 45.0 Å². The van der Waals surface area contributed by atoms with E-state index in [9.17, 15) is 9.59 Å². The van der Waals surface area contributed by atoms with Gasteiger partial charge in [-0.15, -0.1) is 11.3 Å². The third-order valence-corrected chi connectivity index (χ3v) is 6.79. The number of nitrogens with one attached hydrogen (secondary N) is 2. The largest absolute Gasteiger partial charge is 0.497 e. The van der Waals surface area contributed by atoms with Crippen LogP contribution in [0.2, 0.25) is 0 Å². The summed E-state index contributed by atoms with van der Waals surface area (Å²) in [4.78, 5) is 25.2. The second kappa shape index (κ2) is 13.4. The molecule has 2 N–H and O–H groups in total. The van der Waals surface area contributed by atoms with Crippen LogP contribution in [0.1, 0.15) is 56.5 Å². The molecule has 1 heterocycles. The van der Waals surface area contributed by atoms with E-state index < -0.39 is 5.97 Å². The first-order chi connectivity index (χ1) is 18.1. The molecule has 0 radical (unpaired) electrons. The fourth-order valence-electron chi connectivity index (χ4n) is 3.64. The number of rotatable bonds is 10. The van der Waals surface area contributed by atoms with E-state index in [1.165, 1.54) is 16.9 Å². The van der Waals surface area contributed by atoms with Gasteiger partial charge in [-0.05, 0) is 66.4 Å². The molecule has 0 saturated heterocycles. The van der Waals surface area contributed by atoms with Crippen molar-refractivity contribution in [1.82, 2.24) is 5.32 Å². The average Bonchev–Trinajstić information content (AvgIpc) is 3.30. The summed E-state index contributed by atoms with van der Waals surface area (Å²) in [5.41, 5.74) is 3.23. The molecule has 0 aliphatic rings. The first-order valence-corrected chi connectivity index (χ1v) is 13.7. The molecule has 0 fully saturated rings. The van der Waals surface area contributed by atoms with Gasteiger partial charge in [0.15, 0.2) is 5.11 Å². The van der Waals surface area contributed by atoms with Gasteiger partial charge < -0.3 is 24.8 Å². The summed E-state index contributed by atoms with van der Waals surface area (Å²) >= 11 is 6.65. The van der Waals surface area contributed by atoms with E-state index in [1.54, 1.807) is 14.0 Å². The van der Waals surface area contributed by atoms with Gasteiger partial charge in [0.25, 0.3) is 0 Å². The van der Waals surface area contributed by atoms with Crippen LogP contribution < -0.4 is 20.1 Å². The topological polar surface area (TPSA) is 85.9 Å². The van der Waals surface area contributed by atoms with E-state index in [0.29, 0.717) is 34.9 Å². The normalized spacial score (nSPS) is 11.0. The lowest BCUT2D eigenvalue weighted by Crippen LogP contribution is -2.34. The van der Waals surface area contributed by atoms with E-state index in [2.05, 4.69) is 43.5 Å². The number of hydrogen-bond donors (Lipinski definition) is 2. The fraction of sp³-hybridized carbons (Fsp3) is 0.345. The number of hydrogen-bond acceptors (Lipinski definition) is 7. The molecule has 202 valence electrons. The summed E-state index contributed by atoms with van der Waals surface area (Å²) in [6.07, 6.45) is 0.776. The lowest BCUT2D eigenvalue weighted by Gasteiger charge is -2.19. The molecular weight excluding hydrogens is 520 g/mol. The molecule has 0 saturated carbocycles. The third kappa shape index (κ3) is 8.03. The number of methoxy groups -OCH3 is 1. The molecule has 0 unspecified atom stereocenters. The summed E-state index contributed by atoms with van der Waals surface area (Å²) in [6, 6.07) is 15.4. The number of esters is 1. The molecule has 0 aliphatic carbocycles. The Balaban J connectivity index is 1.55. The Morgan fingerprint density at radius 2 is 1.66 bits per heavy atom. The lowest BCUT2D eigenvalue weighted by molar-refractivity contribution is -0.119. The Labute approximate surface area is 233 Å². The van der Waals surface area contributed by atoms with Crippen molar-refractivity contribution in [2.24, 2.45) is 0 Å². The molecule has 2 aromatic carbocycles. The highest BCUT2D eigenvalue weighted by Gasteiger charge is 2.22. The Morgan fingerprint density at radius 3 is 2.26 bits per heavy atom. The minimum atomic E-state index is -0.469. The van der Waals surface area contributed by atoms with Crippen molar-refractivity contribution in [1.29, 1.82) is 0 Å². The highest BCUT2D eigenvalue weighted by atomic mass is 32.1. The van der Waals surface area contributed by atoms with Gasteiger partial charge in [-0.25, -0.2) is 4.79 Å². The Hall–Kier alpha value is -3.43. The lowest BCUT2D eigenvalue weighted by atomic mass is 9.87. The summed E-state index contributed by atoms with van der Waals surface area (Å²) in [5, 5.41) is 8.13. The maximum absolute atomic E-state index is 12.8. The highest BCUT2D eigenvalue weighted by molar-refractivity contribution is 7.80. The SMILES string of the molecule is CCOC(=O)c1c(-c2ccc(OC)cc2)csc1NC(=S)NC(=O)CCCOc1ccc(C(C)(C)C)cc1. The predicted molar refractivity (Wildman–Crippen MR) is 156 cm³/mol. The highest BCUT2D eigenvalue weighted by Crippen LogP contribution is 2.37. The number of amides is 1. The molecule has 38 heavy (non-hydrogen) atoms. The fourth-order valence-corrected chi connectivity index (χ4v) is 4.88. The molecule has 7 nitrogen and oxygen atoms in total. The Morgan fingerprint density at radius 1 is 1.00 bits per heavy atom. The molecule has 3 aromatic rings. The molecule has 9 heteroatoms. The third-order valence-electron chi connectivity index (χ3n) is 5.69. The Kier molecular flexibility index (Phi) is 10.3. The number of ether oxygens (including phenoxy) is 3. The predicted octanol–water partition coefficient (Wildman–Crippen LogP) is 6.57. The smallest absolute Gasteiger partial charge is 0.341 e. The molecular formula is C29H34N2O5S2. The molecule has 0 bridgehead atoms. The summed E-state index contributed by atoms with van der Waals surface area (Å²) in [6.45, 7) is 8.88. The summed E-state index contributed by atoms with van der Waals surface area (Å²) < 4.78 is 16.3. The van der Waals surface area contributed by atoms with E-state index in [4.69, 9.17) is 26.4 Å². The quantitative estimate of drug-likeness (QED) is 0.167. The minimum absolute atomic E-state index is 0.0838. The zero-order valence-electron chi connectivity index (χ0n) is 22.4. The maximum atomic E-state index is 12.8. The number of thiophene rings is 1. The van der Waals surface area contributed by atoms with Crippen molar-refractivity contribution in [3.8, 4) is 22.6 Å². The van der Waals surface area contributed by atoms with Crippen LogP contribution in [0.25, 0.3) is 11.1 Å². The van der Waals surface area contributed by atoms with Gasteiger partial charge in [0.2, 0.25) is 5.91 Å². The van der Waals surface area contributed by atoms with Crippen LogP contribution >= 0.6 is 23.6 Å². The zero-order valence-corrected chi connectivity index (χ0v) is 24.0. The second-order valence-corrected chi connectivity index (χ2v) is 10.8. The average molecular weight is 555 g/mol. The van der Waals surface area contributed by atoms with E-state index >= 15 is 0 Å². The maximum Gasteiger partial charge on any atom is 0.341 e. The number of carbonyl (C=O) groups is 2. The van der Waals surface area contributed by atoms with Gasteiger partial charge in [-0.3, -0.25) is 4.79 Å². The molecule has 0 atom stereocenters. The monoisotopic (exact) mass is 554 g/mol. The van der Waals surface area contributed by atoms with Crippen LogP contribution in [-0.2, 0) is 14.9 Å². The van der Waals surface area contributed by atoms with E-state index in [-0.39, 0.29) is 29.5 Å².